The molecule has 134 valence electrons. The molecule has 3 heteroatoms. The van der Waals surface area contributed by atoms with Crippen molar-refractivity contribution in [2.75, 3.05) is 42.6 Å². The number of hydrogen-bond acceptors (Lipinski definition) is 3. The van der Waals surface area contributed by atoms with Gasteiger partial charge in [-0.05, 0) is 48.9 Å². The number of aryl methyl sites for hydroxylation is 2. The van der Waals surface area contributed by atoms with Crippen molar-refractivity contribution in [3.8, 4) is 0 Å². The fourth-order valence-electron chi connectivity index (χ4n) is 3.00. The molecule has 0 aliphatic carbocycles. The Hall–Kier alpha value is -1.45. The van der Waals surface area contributed by atoms with Crippen LogP contribution >= 0.6 is 11.8 Å². The molecule has 1 N–H and O–H groups in total. The highest BCUT2D eigenvalue weighted by atomic mass is 32.2. The summed E-state index contributed by atoms with van der Waals surface area (Å²) in [6.45, 7) is 4.89. The zero-order valence-electron chi connectivity index (χ0n) is 15.1. The Morgan fingerprint density at radius 1 is 0.760 bits per heavy atom. The van der Waals surface area contributed by atoms with Gasteiger partial charge in [0, 0.05) is 43.4 Å². The van der Waals surface area contributed by atoms with Crippen LogP contribution in [-0.4, -0.2) is 37.7 Å². The van der Waals surface area contributed by atoms with E-state index in [4.69, 9.17) is 0 Å². The van der Waals surface area contributed by atoms with E-state index in [-0.39, 0.29) is 0 Å². The quantitative estimate of drug-likeness (QED) is 0.615. The molecule has 25 heavy (non-hydrogen) atoms. The van der Waals surface area contributed by atoms with Gasteiger partial charge in [-0.15, -0.1) is 0 Å². The Morgan fingerprint density at radius 3 is 1.88 bits per heavy atom. The summed E-state index contributed by atoms with van der Waals surface area (Å²) in [6.07, 6.45) is 4.94. The summed E-state index contributed by atoms with van der Waals surface area (Å²) < 4.78 is 0. The molecular weight excluding hydrogens is 324 g/mol. The first-order valence-electron chi connectivity index (χ1n) is 9.58. The molecule has 0 spiro atoms. The molecule has 0 atom stereocenters. The molecular formula is C22H30N2S. The molecule has 0 bridgehead atoms. The van der Waals surface area contributed by atoms with Crippen molar-refractivity contribution >= 4 is 17.4 Å². The zero-order chi connectivity index (χ0) is 17.2. The summed E-state index contributed by atoms with van der Waals surface area (Å²) in [5, 5.41) is 3.00. The van der Waals surface area contributed by atoms with Gasteiger partial charge in [-0.25, -0.2) is 0 Å². The van der Waals surface area contributed by atoms with Gasteiger partial charge in [0.25, 0.3) is 0 Å². The number of nitrogens with zero attached hydrogens (tertiary/aromatic N) is 1. The van der Waals surface area contributed by atoms with E-state index >= 15 is 0 Å². The van der Waals surface area contributed by atoms with Gasteiger partial charge in [0.1, 0.15) is 0 Å². The van der Waals surface area contributed by atoms with Crippen molar-refractivity contribution < 1.29 is 0 Å². The summed E-state index contributed by atoms with van der Waals surface area (Å²) in [5.74, 6) is 2.53. The lowest BCUT2D eigenvalue weighted by Gasteiger charge is -2.28. The number of benzene rings is 2. The normalized spacial score (nSPS) is 16.1. The molecule has 0 saturated carbocycles. The second-order valence-electron chi connectivity index (χ2n) is 6.71. The number of thioether (sulfide) groups is 1. The molecule has 0 unspecified atom stereocenters. The van der Waals surface area contributed by atoms with Gasteiger partial charge in [-0.1, -0.05) is 42.5 Å². The molecule has 2 heterocycles. The Bertz CT molecular complexity index is 586. The molecule has 2 fully saturated rings. The smallest absolute Gasteiger partial charge is 0.0366 e. The molecule has 2 aliphatic heterocycles. The zero-order valence-corrected chi connectivity index (χ0v) is 15.9. The van der Waals surface area contributed by atoms with Gasteiger partial charge in [-0.2, -0.15) is 11.8 Å². The molecule has 2 aromatic carbocycles. The van der Waals surface area contributed by atoms with Crippen LogP contribution in [0.15, 0.2) is 54.6 Å². The maximum atomic E-state index is 3.00. The number of nitrogens with one attached hydrogen (secondary N) is 1. The van der Waals surface area contributed by atoms with Gasteiger partial charge < -0.3 is 10.2 Å². The van der Waals surface area contributed by atoms with Crippen LogP contribution in [0.4, 0.5) is 5.69 Å². The van der Waals surface area contributed by atoms with E-state index in [0.717, 1.165) is 0 Å². The summed E-state index contributed by atoms with van der Waals surface area (Å²) in [7, 11) is 0. The van der Waals surface area contributed by atoms with Gasteiger partial charge in [-0.3, -0.25) is 0 Å². The van der Waals surface area contributed by atoms with E-state index in [1.807, 2.05) is 0 Å². The lowest BCUT2D eigenvalue weighted by Crippen LogP contribution is -2.32. The van der Waals surface area contributed by atoms with Crippen LogP contribution in [0, 0.1) is 0 Å². The molecule has 0 amide bonds. The first-order valence-corrected chi connectivity index (χ1v) is 10.7. The third-order valence-corrected chi connectivity index (χ3v) is 5.53. The summed E-state index contributed by atoms with van der Waals surface area (Å²) in [6, 6.07) is 20.1. The largest absolute Gasteiger partial charge is 0.370 e. The lowest BCUT2D eigenvalue weighted by atomic mass is 10.0. The minimum Gasteiger partial charge on any atom is -0.370 e. The van der Waals surface area contributed by atoms with Crippen molar-refractivity contribution in [1.82, 2.24) is 5.32 Å². The lowest BCUT2D eigenvalue weighted by molar-refractivity contribution is 0.734. The second kappa shape index (κ2) is 10.5. The third-order valence-electron chi connectivity index (χ3n) is 4.59. The predicted octanol–water partition coefficient (Wildman–Crippen LogP) is 4.39. The second-order valence-corrected chi connectivity index (χ2v) is 7.93. The van der Waals surface area contributed by atoms with Crippen LogP contribution in [0.25, 0.3) is 0 Å². The number of hydrogen-bond donors (Lipinski definition) is 1. The van der Waals surface area contributed by atoms with Gasteiger partial charge >= 0.3 is 0 Å². The maximum absolute atomic E-state index is 3.00. The highest BCUT2D eigenvalue weighted by Crippen LogP contribution is 2.20. The number of anilines is 1. The van der Waals surface area contributed by atoms with Crippen LogP contribution in [-0.2, 0) is 12.8 Å². The third kappa shape index (κ3) is 7.13. The molecule has 2 aromatic rings. The van der Waals surface area contributed by atoms with E-state index in [0.29, 0.717) is 0 Å². The molecule has 0 aromatic heterocycles. The Balaban J connectivity index is 0.000000549. The number of unbranched alkanes of at least 4 members (excludes halogenated alkanes) is 1. The van der Waals surface area contributed by atoms with E-state index in [1.54, 1.807) is 0 Å². The van der Waals surface area contributed by atoms with Crippen molar-refractivity contribution in [1.29, 1.82) is 0 Å². The average Bonchev–Trinajstić information content (AvgIpc) is 3.57. The van der Waals surface area contributed by atoms with Crippen LogP contribution in [0.1, 0.15) is 24.0 Å². The minimum absolute atomic E-state index is 1.20. The summed E-state index contributed by atoms with van der Waals surface area (Å²) in [4.78, 5) is 2.51. The van der Waals surface area contributed by atoms with Gasteiger partial charge in [0.2, 0.25) is 0 Å². The van der Waals surface area contributed by atoms with Crippen LogP contribution in [0.5, 0.6) is 0 Å². The highest BCUT2D eigenvalue weighted by molar-refractivity contribution is 7.99. The maximum Gasteiger partial charge on any atom is 0.0366 e. The molecule has 2 aliphatic rings. The SMILES string of the molecule is C1CN1.c1ccc(CCCCc2ccc(N3CCSCC3)cc2)cc1. The average molecular weight is 355 g/mol. The monoisotopic (exact) mass is 354 g/mol. The predicted molar refractivity (Wildman–Crippen MR) is 112 cm³/mol. The highest BCUT2D eigenvalue weighted by Gasteiger charge is 2.10. The van der Waals surface area contributed by atoms with Crippen LogP contribution in [0.3, 0.4) is 0 Å². The molecule has 4 rings (SSSR count). The minimum atomic E-state index is 1.20. The van der Waals surface area contributed by atoms with E-state index < -0.39 is 0 Å². The van der Waals surface area contributed by atoms with Crippen molar-refractivity contribution in [2.45, 2.75) is 25.7 Å². The first-order chi connectivity index (χ1) is 12.4. The van der Waals surface area contributed by atoms with Crippen molar-refractivity contribution in [3.63, 3.8) is 0 Å². The Labute approximate surface area is 157 Å². The standard InChI is InChI=1S/C20H25NS.C2H5N/c1-2-6-18(7-3-1)8-4-5-9-19-10-12-20(13-11-19)21-14-16-22-17-15-21;1-2-3-1/h1-3,6-7,10-13H,4-5,8-9,14-17H2;3H,1-2H2. The molecule has 2 nitrogen and oxygen atoms in total. The molecule has 0 radical (unpaired) electrons. The van der Waals surface area contributed by atoms with E-state index in [2.05, 4.69) is 76.6 Å². The summed E-state index contributed by atoms with van der Waals surface area (Å²) >= 11 is 2.07. The topological polar surface area (TPSA) is 25.2 Å². The van der Waals surface area contributed by atoms with Crippen molar-refractivity contribution in [2.24, 2.45) is 0 Å². The molecule has 2 saturated heterocycles. The summed E-state index contributed by atoms with van der Waals surface area (Å²) in [5.41, 5.74) is 4.33. The Morgan fingerprint density at radius 2 is 1.32 bits per heavy atom. The van der Waals surface area contributed by atoms with Gasteiger partial charge in [0.05, 0.1) is 0 Å². The van der Waals surface area contributed by atoms with Gasteiger partial charge in [0.15, 0.2) is 0 Å². The van der Waals surface area contributed by atoms with Crippen LogP contribution < -0.4 is 10.2 Å². The van der Waals surface area contributed by atoms with E-state index in [1.165, 1.54) is 80.2 Å². The number of rotatable bonds is 6. The fourth-order valence-corrected chi connectivity index (χ4v) is 3.90. The van der Waals surface area contributed by atoms with Crippen molar-refractivity contribution in [3.05, 3.63) is 65.7 Å². The first kappa shape index (κ1) is 18.3. The fraction of sp³-hybridized carbons (Fsp3) is 0.455. The Kier molecular flexibility index (Phi) is 7.72. The van der Waals surface area contributed by atoms with E-state index in [9.17, 15) is 0 Å². The van der Waals surface area contributed by atoms with Crippen LogP contribution in [0.2, 0.25) is 0 Å².